The maximum absolute atomic E-state index is 13.7. The van der Waals surface area contributed by atoms with E-state index in [1.54, 1.807) is 11.6 Å². The van der Waals surface area contributed by atoms with E-state index in [0.717, 1.165) is 50.8 Å². The van der Waals surface area contributed by atoms with Gasteiger partial charge in [0, 0.05) is 38.9 Å². The van der Waals surface area contributed by atoms with Crippen molar-refractivity contribution in [1.29, 1.82) is 0 Å². The minimum atomic E-state index is -0.283. The third-order valence-electron chi connectivity index (χ3n) is 7.60. The Morgan fingerprint density at radius 1 is 1.00 bits per heavy atom. The highest BCUT2D eigenvalue weighted by atomic mass is 16.2. The fourth-order valence-corrected chi connectivity index (χ4v) is 5.57. The van der Waals surface area contributed by atoms with Crippen molar-refractivity contribution in [2.45, 2.75) is 65.5 Å². The Morgan fingerprint density at radius 2 is 1.74 bits per heavy atom. The second-order valence-electron chi connectivity index (χ2n) is 10.4. The summed E-state index contributed by atoms with van der Waals surface area (Å²) in [6.07, 6.45) is 7.11. The maximum atomic E-state index is 13.7. The Morgan fingerprint density at radius 3 is 2.46 bits per heavy atom. The van der Waals surface area contributed by atoms with Crippen LogP contribution < -0.4 is 16.1 Å². The zero-order valence-corrected chi connectivity index (χ0v) is 21.4. The van der Waals surface area contributed by atoms with Crippen LogP contribution in [0, 0.1) is 5.92 Å². The van der Waals surface area contributed by atoms with E-state index in [0.29, 0.717) is 23.6 Å². The van der Waals surface area contributed by atoms with E-state index in [1.165, 1.54) is 42.2 Å². The number of unbranched alkanes of at least 4 members (excludes halogenated alkanes) is 1. The summed E-state index contributed by atoms with van der Waals surface area (Å²) in [6, 6.07) is 8.70. The summed E-state index contributed by atoms with van der Waals surface area (Å²) in [6.45, 7) is 9.20. The summed E-state index contributed by atoms with van der Waals surface area (Å²) in [5.74, 6) is 1.10. The van der Waals surface area contributed by atoms with Crippen LogP contribution in [0.5, 0.6) is 0 Å². The lowest BCUT2D eigenvalue weighted by Gasteiger charge is -2.33. The van der Waals surface area contributed by atoms with Gasteiger partial charge in [0.05, 0.1) is 0 Å². The molecule has 4 heterocycles. The third kappa shape index (κ3) is 4.56. The molecule has 0 spiro atoms. The number of fused-ring (bicyclic) bond motifs is 3. The first-order chi connectivity index (χ1) is 17.0. The minimum absolute atomic E-state index is 0.220. The van der Waals surface area contributed by atoms with Gasteiger partial charge in [-0.3, -0.25) is 13.9 Å². The van der Waals surface area contributed by atoms with E-state index >= 15 is 0 Å². The van der Waals surface area contributed by atoms with Gasteiger partial charge in [0.25, 0.3) is 5.56 Å². The summed E-state index contributed by atoms with van der Waals surface area (Å²) in [4.78, 5) is 36.2. The Hall–Kier alpha value is -2.87. The van der Waals surface area contributed by atoms with Crippen molar-refractivity contribution in [1.82, 2.24) is 23.6 Å². The Balaban J connectivity index is 1.53. The van der Waals surface area contributed by atoms with Crippen molar-refractivity contribution in [3.05, 3.63) is 50.7 Å². The monoisotopic (exact) mass is 478 g/mol. The number of anilines is 2. The molecule has 0 unspecified atom stereocenters. The molecular weight excluding hydrogens is 440 g/mol. The quantitative estimate of drug-likeness (QED) is 0.520. The molecule has 35 heavy (non-hydrogen) atoms. The molecule has 1 fully saturated rings. The molecule has 2 aliphatic heterocycles. The average Bonchev–Trinajstić information content (AvgIpc) is 3.26. The van der Waals surface area contributed by atoms with Crippen LogP contribution in [-0.4, -0.2) is 49.8 Å². The number of aromatic nitrogens is 4. The molecular formula is C27H38N6O2. The van der Waals surface area contributed by atoms with Crippen molar-refractivity contribution in [2.75, 3.05) is 31.1 Å². The molecule has 0 aliphatic carbocycles. The van der Waals surface area contributed by atoms with Gasteiger partial charge in [-0.05, 0) is 62.4 Å². The van der Waals surface area contributed by atoms with Crippen LogP contribution in [0.2, 0.25) is 0 Å². The fourth-order valence-electron chi connectivity index (χ4n) is 5.57. The molecule has 2 aliphatic rings. The van der Waals surface area contributed by atoms with E-state index in [4.69, 9.17) is 4.98 Å². The van der Waals surface area contributed by atoms with Gasteiger partial charge < -0.3 is 14.4 Å². The van der Waals surface area contributed by atoms with Gasteiger partial charge in [-0.1, -0.05) is 38.8 Å². The van der Waals surface area contributed by atoms with Crippen molar-refractivity contribution in [3.63, 3.8) is 0 Å². The predicted octanol–water partition coefficient (Wildman–Crippen LogP) is 3.51. The zero-order valence-electron chi connectivity index (χ0n) is 21.4. The number of likely N-dealkylation sites (tertiary alicyclic amines) is 1. The maximum Gasteiger partial charge on any atom is 0.332 e. The molecule has 1 saturated heterocycles. The van der Waals surface area contributed by atoms with Crippen LogP contribution in [-0.2, 0) is 26.6 Å². The molecule has 1 atom stereocenters. The molecule has 0 saturated carbocycles. The normalized spacial score (nSPS) is 18.8. The second kappa shape index (κ2) is 10.0. The number of hydrogen-bond acceptors (Lipinski definition) is 5. The lowest BCUT2D eigenvalue weighted by molar-refractivity contribution is 0.218. The van der Waals surface area contributed by atoms with Gasteiger partial charge in [0.2, 0.25) is 5.95 Å². The molecule has 8 nitrogen and oxygen atoms in total. The molecule has 0 radical (unpaired) electrons. The van der Waals surface area contributed by atoms with Crippen molar-refractivity contribution < 1.29 is 0 Å². The van der Waals surface area contributed by atoms with Gasteiger partial charge in [0.1, 0.15) is 0 Å². The minimum Gasteiger partial charge on any atom is -0.312 e. The molecule has 0 N–H and O–H groups in total. The lowest BCUT2D eigenvalue weighted by Crippen LogP contribution is -2.43. The number of nitrogens with zero attached hydrogens (tertiary/aromatic N) is 6. The fraction of sp³-hybridized carbons (Fsp3) is 0.593. The van der Waals surface area contributed by atoms with Crippen molar-refractivity contribution in [2.24, 2.45) is 13.0 Å². The number of hydrogen-bond donors (Lipinski definition) is 0. The van der Waals surface area contributed by atoms with E-state index < -0.39 is 0 Å². The first kappa shape index (κ1) is 23.9. The summed E-state index contributed by atoms with van der Waals surface area (Å²) in [5.41, 5.74) is 2.93. The molecule has 0 amide bonds. The molecule has 188 valence electrons. The van der Waals surface area contributed by atoms with Crippen molar-refractivity contribution >= 4 is 22.8 Å². The van der Waals surface area contributed by atoms with Crippen LogP contribution in [0.1, 0.15) is 51.5 Å². The average molecular weight is 479 g/mol. The van der Waals surface area contributed by atoms with E-state index in [9.17, 15) is 9.59 Å². The van der Waals surface area contributed by atoms with Crippen LogP contribution in [0.15, 0.2) is 33.9 Å². The highest BCUT2D eigenvalue weighted by molar-refractivity contribution is 5.77. The van der Waals surface area contributed by atoms with Crippen LogP contribution >= 0.6 is 0 Å². The molecule has 1 aromatic carbocycles. The smallest absolute Gasteiger partial charge is 0.312 e. The van der Waals surface area contributed by atoms with E-state index in [-0.39, 0.29) is 11.2 Å². The SMILES string of the molecule is CCCCc1ccc(N2C[C@@H](C)Cn3c2nc2c3c(=O)n(CCN3CCCCC3)c(=O)n2C)cc1. The van der Waals surface area contributed by atoms with Gasteiger partial charge in [-0.25, -0.2) is 4.79 Å². The van der Waals surface area contributed by atoms with Gasteiger partial charge in [0.15, 0.2) is 11.2 Å². The second-order valence-corrected chi connectivity index (χ2v) is 10.4. The van der Waals surface area contributed by atoms with Gasteiger partial charge in [-0.2, -0.15) is 4.98 Å². The third-order valence-corrected chi connectivity index (χ3v) is 7.60. The molecule has 2 aromatic heterocycles. The summed E-state index contributed by atoms with van der Waals surface area (Å²) < 4.78 is 5.00. The molecule has 3 aromatic rings. The Bertz CT molecular complexity index is 1300. The van der Waals surface area contributed by atoms with E-state index in [2.05, 4.69) is 47.9 Å². The van der Waals surface area contributed by atoms with E-state index in [1.807, 2.05) is 4.57 Å². The number of piperidine rings is 1. The van der Waals surface area contributed by atoms with Gasteiger partial charge >= 0.3 is 5.69 Å². The number of benzene rings is 1. The largest absolute Gasteiger partial charge is 0.332 e. The molecule has 8 heteroatoms. The van der Waals surface area contributed by atoms with Crippen LogP contribution in [0.4, 0.5) is 11.6 Å². The first-order valence-corrected chi connectivity index (χ1v) is 13.3. The van der Waals surface area contributed by atoms with Crippen molar-refractivity contribution in [3.8, 4) is 0 Å². The highest BCUT2D eigenvalue weighted by Crippen LogP contribution is 2.33. The summed E-state index contributed by atoms with van der Waals surface area (Å²) in [7, 11) is 1.73. The van der Waals surface area contributed by atoms with Crippen LogP contribution in [0.25, 0.3) is 11.2 Å². The van der Waals surface area contributed by atoms with Gasteiger partial charge in [-0.15, -0.1) is 0 Å². The predicted molar refractivity (Wildman–Crippen MR) is 141 cm³/mol. The lowest BCUT2D eigenvalue weighted by atomic mass is 10.1. The number of imidazole rings is 1. The molecule has 5 rings (SSSR count). The number of aryl methyl sites for hydroxylation is 2. The zero-order chi connectivity index (χ0) is 24.5. The first-order valence-electron chi connectivity index (χ1n) is 13.3. The summed E-state index contributed by atoms with van der Waals surface area (Å²) in [5, 5.41) is 0. The Labute approximate surface area is 206 Å². The summed E-state index contributed by atoms with van der Waals surface area (Å²) >= 11 is 0. The van der Waals surface area contributed by atoms with Crippen LogP contribution in [0.3, 0.4) is 0 Å². The molecule has 0 bridgehead atoms. The Kier molecular flexibility index (Phi) is 6.82. The highest BCUT2D eigenvalue weighted by Gasteiger charge is 2.30. The topological polar surface area (TPSA) is 68.3 Å². The number of rotatable bonds is 7. The standard InChI is InChI=1S/C27H38N6O2/c1-4-5-9-21-10-12-22(13-11-21)32-18-20(2)19-33-23-24(28-26(32)33)29(3)27(35)31(25(23)34)17-16-30-14-7-6-8-15-30/h10-13,20H,4-9,14-19H2,1-3H3/t20-/m1/s1.